The number of carbonyl (C=O) groups excluding carboxylic acids is 6. The van der Waals surface area contributed by atoms with Crippen LogP contribution in [0, 0.1) is 0 Å². The van der Waals surface area contributed by atoms with Crippen LogP contribution in [0.3, 0.4) is 0 Å². The minimum Gasteiger partial charge on any atom is -0.478 e. The van der Waals surface area contributed by atoms with Gasteiger partial charge >= 0.3 is 47.8 Å². The Morgan fingerprint density at radius 3 is 1.14 bits per heavy atom. The zero-order valence-electron chi connectivity index (χ0n) is 17.8. The molecular weight excluding hydrogens is 472 g/mol. The van der Waals surface area contributed by atoms with E-state index < -0.39 is 70.0 Å². The summed E-state index contributed by atoms with van der Waals surface area (Å²) >= 11 is 0. The molecule has 0 saturated carbocycles. The van der Waals surface area contributed by atoms with Crippen molar-refractivity contribution in [1.82, 2.24) is 0 Å². The van der Waals surface area contributed by atoms with Crippen LogP contribution in [0.1, 0.15) is 76.0 Å². The van der Waals surface area contributed by atoms with E-state index in [4.69, 9.17) is 0 Å². The number of esters is 6. The Morgan fingerprint density at radius 2 is 0.857 bits per heavy atom. The van der Waals surface area contributed by atoms with Gasteiger partial charge in [0.05, 0.1) is 33.4 Å². The second-order valence-corrected chi connectivity index (χ2v) is 6.57. The molecule has 0 aromatic heterocycles. The van der Waals surface area contributed by atoms with E-state index in [0.717, 1.165) is 38.1 Å². The smallest absolute Gasteiger partial charge is 0.346 e. The zero-order valence-corrected chi connectivity index (χ0v) is 17.8. The average molecular weight is 486 g/mol. The molecule has 2 aromatic rings. The number of hydrogen-bond acceptors (Lipinski definition) is 11. The molecule has 0 unspecified atom stereocenters. The van der Waals surface area contributed by atoms with E-state index in [1.807, 2.05) is 0 Å². The van der Waals surface area contributed by atoms with Gasteiger partial charge in [-0.05, 0) is 36.4 Å². The Labute approximate surface area is 194 Å². The minimum absolute atomic E-state index is 0.387. The number of carboxylic acids is 2. The van der Waals surface area contributed by atoms with Crippen molar-refractivity contribution in [3.8, 4) is 0 Å². The number of hydrogen-bond donors (Lipinski definition) is 2. The molecule has 0 aliphatic rings. The van der Waals surface area contributed by atoms with E-state index in [1.54, 1.807) is 0 Å². The molecule has 2 aromatic carbocycles. The highest BCUT2D eigenvalue weighted by Crippen LogP contribution is 2.19. The first-order chi connectivity index (χ1) is 16.3. The lowest BCUT2D eigenvalue weighted by Crippen LogP contribution is -2.20. The molecule has 0 bridgehead atoms. The van der Waals surface area contributed by atoms with Crippen LogP contribution in [0.2, 0.25) is 0 Å². The molecular formula is C22H14O13. The Bertz CT molecular complexity index is 1200. The average Bonchev–Trinajstić information content (AvgIpc) is 2.77. The van der Waals surface area contributed by atoms with Crippen molar-refractivity contribution >= 4 is 47.8 Å². The molecule has 0 heterocycles. The van der Waals surface area contributed by atoms with Gasteiger partial charge in [0.15, 0.2) is 0 Å². The molecule has 0 aliphatic heterocycles. The standard InChI is InChI=1S/C22H14O13/c1-9(23)33-19(29)11-3-5-13(15(7-11)17(25)26)21(31)35-22(32)14-6-4-12(8-16(14)18(27)28)20(30)34-10(2)24/h3-8H,1-2H3,(H,25,26)(H,27,28). The highest BCUT2D eigenvalue weighted by Gasteiger charge is 2.26. The van der Waals surface area contributed by atoms with Crippen molar-refractivity contribution in [2.24, 2.45) is 0 Å². The lowest BCUT2D eigenvalue weighted by atomic mass is 10.0. The first-order valence-electron chi connectivity index (χ1n) is 9.28. The molecule has 35 heavy (non-hydrogen) atoms. The SMILES string of the molecule is CC(=O)OC(=O)c1ccc(C(=O)OC(=O)c2ccc(C(=O)OC(C)=O)cc2C(=O)O)c(C(=O)O)c1. The lowest BCUT2D eigenvalue weighted by Gasteiger charge is -2.10. The van der Waals surface area contributed by atoms with Gasteiger partial charge in [-0.3, -0.25) is 9.59 Å². The topological polar surface area (TPSA) is 205 Å². The molecule has 13 nitrogen and oxygen atoms in total. The molecule has 0 radical (unpaired) electrons. The van der Waals surface area contributed by atoms with Crippen molar-refractivity contribution in [3.05, 3.63) is 69.8 Å². The summed E-state index contributed by atoms with van der Waals surface area (Å²) < 4.78 is 13.2. The number of carboxylic acid groups (broad SMARTS) is 2. The van der Waals surface area contributed by atoms with Gasteiger partial charge < -0.3 is 24.4 Å². The van der Waals surface area contributed by atoms with Crippen molar-refractivity contribution in [3.63, 3.8) is 0 Å². The van der Waals surface area contributed by atoms with Crippen molar-refractivity contribution in [2.45, 2.75) is 13.8 Å². The summed E-state index contributed by atoms with van der Waals surface area (Å²) in [7, 11) is 0. The third-order valence-corrected chi connectivity index (χ3v) is 4.07. The second kappa shape index (κ2) is 10.6. The highest BCUT2D eigenvalue weighted by atomic mass is 16.6. The summed E-state index contributed by atoms with van der Waals surface area (Å²) in [5.74, 6) is -10.7. The van der Waals surface area contributed by atoms with Gasteiger partial charge in [0.25, 0.3) is 0 Å². The number of rotatable bonds is 6. The van der Waals surface area contributed by atoms with Crippen LogP contribution < -0.4 is 0 Å². The molecule has 0 aliphatic carbocycles. The fourth-order valence-electron chi connectivity index (χ4n) is 2.63. The summed E-state index contributed by atoms with van der Waals surface area (Å²) in [6, 6.07) is 4.97. The minimum atomic E-state index is -1.69. The van der Waals surface area contributed by atoms with Crippen LogP contribution >= 0.6 is 0 Å². The monoisotopic (exact) mass is 486 g/mol. The Balaban J connectivity index is 2.37. The molecule has 0 amide bonds. The van der Waals surface area contributed by atoms with E-state index in [9.17, 15) is 48.6 Å². The summed E-state index contributed by atoms with van der Waals surface area (Å²) in [5.41, 5.74) is -3.68. The molecule has 2 rings (SSSR count). The quantitative estimate of drug-likeness (QED) is 0.338. The first-order valence-corrected chi connectivity index (χ1v) is 9.28. The van der Waals surface area contributed by atoms with Gasteiger partial charge in [0, 0.05) is 13.8 Å². The predicted octanol–water partition coefficient (Wildman–Crippen LogP) is 1.49. The van der Waals surface area contributed by atoms with Crippen LogP contribution in [-0.4, -0.2) is 58.0 Å². The van der Waals surface area contributed by atoms with Crippen LogP contribution in [0.25, 0.3) is 0 Å². The summed E-state index contributed by atoms with van der Waals surface area (Å²) in [4.78, 5) is 93.4. The second-order valence-electron chi connectivity index (χ2n) is 6.57. The molecule has 2 N–H and O–H groups in total. The highest BCUT2D eigenvalue weighted by molar-refractivity contribution is 6.12. The number of carbonyl (C=O) groups is 8. The summed E-state index contributed by atoms with van der Waals surface area (Å²) in [6.07, 6.45) is 0. The van der Waals surface area contributed by atoms with Crippen LogP contribution in [0.5, 0.6) is 0 Å². The first kappa shape index (κ1) is 26.1. The van der Waals surface area contributed by atoms with E-state index in [-0.39, 0.29) is 11.1 Å². The van der Waals surface area contributed by atoms with Gasteiger partial charge in [-0.15, -0.1) is 0 Å². The van der Waals surface area contributed by atoms with Crippen LogP contribution in [0.4, 0.5) is 0 Å². The summed E-state index contributed by atoms with van der Waals surface area (Å²) in [5, 5.41) is 18.7. The van der Waals surface area contributed by atoms with Crippen molar-refractivity contribution < 1.29 is 62.8 Å². The van der Waals surface area contributed by atoms with Gasteiger partial charge in [0.1, 0.15) is 0 Å². The summed E-state index contributed by atoms with van der Waals surface area (Å²) in [6.45, 7) is 1.88. The number of ether oxygens (including phenoxy) is 3. The van der Waals surface area contributed by atoms with Gasteiger partial charge in [-0.25, -0.2) is 28.8 Å². The molecule has 0 fully saturated rings. The van der Waals surface area contributed by atoms with E-state index >= 15 is 0 Å². The lowest BCUT2D eigenvalue weighted by molar-refractivity contribution is -0.136. The Morgan fingerprint density at radius 1 is 0.514 bits per heavy atom. The van der Waals surface area contributed by atoms with Crippen LogP contribution in [-0.2, 0) is 23.8 Å². The van der Waals surface area contributed by atoms with Gasteiger partial charge in [-0.1, -0.05) is 0 Å². The Hall–Kier alpha value is -5.20. The molecule has 0 saturated heterocycles. The van der Waals surface area contributed by atoms with Crippen molar-refractivity contribution in [1.29, 1.82) is 0 Å². The van der Waals surface area contributed by atoms with Gasteiger partial charge in [-0.2, -0.15) is 0 Å². The van der Waals surface area contributed by atoms with E-state index in [0.29, 0.717) is 12.1 Å². The maximum Gasteiger partial charge on any atom is 0.346 e. The van der Waals surface area contributed by atoms with E-state index in [2.05, 4.69) is 14.2 Å². The van der Waals surface area contributed by atoms with Crippen LogP contribution in [0.15, 0.2) is 36.4 Å². The normalized spacial score (nSPS) is 10.0. The third kappa shape index (κ3) is 6.41. The van der Waals surface area contributed by atoms with Crippen molar-refractivity contribution in [2.75, 3.05) is 0 Å². The zero-order chi connectivity index (χ0) is 26.4. The van der Waals surface area contributed by atoms with E-state index in [1.165, 1.54) is 0 Å². The predicted molar refractivity (Wildman–Crippen MR) is 109 cm³/mol. The third-order valence-electron chi connectivity index (χ3n) is 4.07. The Kier molecular flexibility index (Phi) is 7.90. The largest absolute Gasteiger partial charge is 0.478 e. The maximum atomic E-state index is 12.5. The molecule has 13 heteroatoms. The molecule has 0 spiro atoms. The van der Waals surface area contributed by atoms with Gasteiger partial charge in [0.2, 0.25) is 0 Å². The number of aromatic carboxylic acids is 2. The fraction of sp³-hybridized carbons (Fsp3) is 0.0909. The fourth-order valence-corrected chi connectivity index (χ4v) is 2.63. The number of benzene rings is 2. The maximum absolute atomic E-state index is 12.5. The molecule has 180 valence electrons. The molecule has 0 atom stereocenters.